The second kappa shape index (κ2) is 22.5. The molecule has 6 heteroatoms. The number of likely N-dealkylation sites (N-methyl/N-ethyl adjacent to an activating group) is 1. The topological polar surface area (TPSA) is 90.5 Å². The van der Waals surface area contributed by atoms with Crippen LogP contribution in [0.4, 0.5) is 0 Å². The van der Waals surface area contributed by atoms with Crippen molar-refractivity contribution in [2.75, 3.05) is 20.1 Å². The molecule has 3 N–H and O–H groups in total. The van der Waals surface area contributed by atoms with E-state index in [1.807, 2.05) is 19.2 Å². The predicted octanol–water partition coefficient (Wildman–Crippen LogP) is -3.02. The smallest absolute Gasteiger partial charge is 0.444 e. The van der Waals surface area contributed by atoms with Crippen LogP contribution in [0.5, 0.6) is 0 Å². The maximum Gasteiger partial charge on any atom is 1.00 e. The van der Waals surface area contributed by atoms with Crippen molar-refractivity contribution in [2.24, 2.45) is 11.1 Å². The maximum absolute atomic E-state index is 8.00. The summed E-state index contributed by atoms with van der Waals surface area (Å²) in [5, 5.41) is 12.0. The predicted molar refractivity (Wildman–Crippen MR) is 41.3 cm³/mol. The van der Waals surface area contributed by atoms with Crippen LogP contribution in [0, 0.1) is 10.1 Å². The molecule has 0 unspecified atom stereocenters. The van der Waals surface area contributed by atoms with Crippen molar-refractivity contribution in [1.29, 1.82) is 0 Å². The quantitative estimate of drug-likeness (QED) is 0.203. The summed E-state index contributed by atoms with van der Waals surface area (Å²) < 4.78 is 0. The minimum atomic E-state index is 0. The zero-order chi connectivity index (χ0) is 8.24. The Balaban J connectivity index is -0.000000140. The first-order chi connectivity index (χ1) is 4.83. The zero-order valence-corrected chi connectivity index (χ0v) is 8.91. The zero-order valence-electron chi connectivity index (χ0n) is 6.91. The Bertz CT molecular complexity index is 89.8. The van der Waals surface area contributed by atoms with Crippen LogP contribution in [-0.4, -0.2) is 20.1 Å². The average molecular weight is 169 g/mol. The van der Waals surface area contributed by atoms with Gasteiger partial charge in [-0.25, -0.2) is 0 Å². The van der Waals surface area contributed by atoms with Gasteiger partial charge in [-0.3, -0.25) is 0 Å². The van der Waals surface area contributed by atoms with Gasteiger partial charge in [0, 0.05) is 13.1 Å². The molecule has 60 valence electrons. The first-order valence-corrected chi connectivity index (χ1v) is 2.78. The van der Waals surface area contributed by atoms with E-state index < -0.39 is 0 Å². The van der Waals surface area contributed by atoms with Crippen LogP contribution in [-0.2, 0) is 0 Å². The second-order valence-electron chi connectivity index (χ2n) is 1.34. The molecule has 0 aromatic rings. The summed E-state index contributed by atoms with van der Waals surface area (Å²) in [7, 11) is 1.90. The molecule has 0 amide bonds. The van der Waals surface area contributed by atoms with Crippen molar-refractivity contribution in [1.82, 2.24) is 5.32 Å². The van der Waals surface area contributed by atoms with Crippen molar-refractivity contribution in [3.63, 3.8) is 0 Å². The summed E-state index contributed by atoms with van der Waals surface area (Å²) in [5.74, 6) is 0. The monoisotopic (exact) mass is 169 g/mol. The summed E-state index contributed by atoms with van der Waals surface area (Å²) in [6.45, 7) is 1.55. The van der Waals surface area contributed by atoms with Crippen LogP contribution in [0.1, 0.15) is 0 Å². The molecule has 0 rings (SSSR count). The molecule has 0 saturated heterocycles. The van der Waals surface area contributed by atoms with E-state index in [2.05, 4.69) is 5.32 Å². The van der Waals surface area contributed by atoms with Crippen LogP contribution in [0.25, 0.3) is 0 Å². The number of nitrogens with one attached hydrogen (secondary N) is 1. The number of rotatable bonds is 3. The Morgan fingerprint density at radius 1 is 1.64 bits per heavy atom. The fraction of sp³-hybridized carbons (Fsp3) is 0.600. The maximum atomic E-state index is 8.00. The molecule has 0 saturated carbocycles. The van der Waals surface area contributed by atoms with Gasteiger partial charge in [0.2, 0.25) is 0 Å². The third-order valence-corrected chi connectivity index (χ3v) is 0.625. The average Bonchev–Trinajstić information content (AvgIpc) is 1.91. The molecular weight excluding hydrogens is 157 g/mol. The third-order valence-electron chi connectivity index (χ3n) is 0.625. The number of nitrogens with zero attached hydrogens (tertiary/aromatic N) is 1. The summed E-state index contributed by atoms with van der Waals surface area (Å²) in [6.07, 6.45) is 3.93. The summed E-state index contributed by atoms with van der Waals surface area (Å²) in [4.78, 5) is 8.00. The van der Waals surface area contributed by atoms with Crippen molar-refractivity contribution in [2.45, 2.75) is 0 Å². The summed E-state index contributed by atoms with van der Waals surface area (Å²) in [5.41, 5.74) is 5.15. The van der Waals surface area contributed by atoms with Crippen LogP contribution in [0.2, 0.25) is 0 Å². The number of nitrogens with two attached hydrogens (primary N) is 1. The van der Waals surface area contributed by atoms with Crippen molar-refractivity contribution in [3.8, 4) is 0 Å². The molecule has 0 aliphatic heterocycles. The fourth-order valence-corrected chi connectivity index (χ4v) is 0.297. The van der Waals surface area contributed by atoms with E-state index in [9.17, 15) is 0 Å². The largest absolute Gasteiger partial charge is 1.00 e. The minimum Gasteiger partial charge on any atom is -0.444 e. The van der Waals surface area contributed by atoms with E-state index in [0.29, 0.717) is 6.54 Å². The molecule has 0 radical (unpaired) electrons. The van der Waals surface area contributed by atoms with Gasteiger partial charge < -0.3 is 21.2 Å². The first-order valence-electron chi connectivity index (χ1n) is 2.78. The summed E-state index contributed by atoms with van der Waals surface area (Å²) in [6, 6.07) is 0. The van der Waals surface area contributed by atoms with Gasteiger partial charge >= 0.3 is 29.6 Å². The molecule has 0 heterocycles. The van der Waals surface area contributed by atoms with E-state index in [4.69, 9.17) is 15.8 Å². The molecule has 0 aromatic heterocycles. The Morgan fingerprint density at radius 2 is 2.09 bits per heavy atom. The van der Waals surface area contributed by atoms with Crippen molar-refractivity contribution in [3.05, 3.63) is 22.3 Å². The van der Waals surface area contributed by atoms with Gasteiger partial charge in [0.05, 0.1) is 0 Å². The second-order valence-corrected chi connectivity index (χ2v) is 1.34. The van der Waals surface area contributed by atoms with Crippen LogP contribution in [0.3, 0.4) is 0 Å². The van der Waals surface area contributed by atoms with E-state index in [-0.39, 0.29) is 29.6 Å². The molecule has 0 atom stereocenters. The van der Waals surface area contributed by atoms with Gasteiger partial charge in [-0.15, -0.1) is 5.34 Å². The van der Waals surface area contributed by atoms with Gasteiger partial charge in [-0.1, -0.05) is 12.2 Å². The van der Waals surface area contributed by atoms with E-state index in [0.717, 1.165) is 11.9 Å². The Hall–Kier alpha value is 0.0600. The molecule has 0 aromatic carbocycles. The Morgan fingerprint density at radius 3 is 2.36 bits per heavy atom. The van der Waals surface area contributed by atoms with Gasteiger partial charge in [-0.2, -0.15) is 0 Å². The molecule has 0 fully saturated rings. The molecular formula is C5H12N3NaO2. The molecule has 0 aliphatic rings. The van der Waals surface area contributed by atoms with Crippen LogP contribution in [0.15, 0.2) is 17.5 Å². The van der Waals surface area contributed by atoms with Crippen LogP contribution < -0.4 is 40.6 Å². The standard InChI is InChI=1S/C5H12N2.HNO2.Na/c1-7-5-3-2-4-6;2-1-3;/h2-3,7H,4-6H2,1H3;(H,2,3);/q;;+1/p-1/b3-2+;;. The SMILES string of the molecule is CNC/C=C/CN.O=N[O-].[Na+]. The molecule has 0 spiro atoms. The van der Waals surface area contributed by atoms with Gasteiger partial charge in [0.1, 0.15) is 0 Å². The normalized spacial score (nSPS) is 7.82. The van der Waals surface area contributed by atoms with Gasteiger partial charge in [0.15, 0.2) is 0 Å². The summed E-state index contributed by atoms with van der Waals surface area (Å²) >= 11 is 0. The van der Waals surface area contributed by atoms with E-state index >= 15 is 0 Å². The number of hydrogen-bond donors (Lipinski definition) is 2. The first kappa shape index (κ1) is 17.2. The van der Waals surface area contributed by atoms with Crippen LogP contribution >= 0.6 is 0 Å². The van der Waals surface area contributed by atoms with Gasteiger partial charge in [-0.05, 0) is 7.05 Å². The van der Waals surface area contributed by atoms with Crippen molar-refractivity contribution < 1.29 is 29.6 Å². The third kappa shape index (κ3) is 39.6. The molecule has 11 heavy (non-hydrogen) atoms. The minimum absolute atomic E-state index is 0. The molecule has 5 nitrogen and oxygen atoms in total. The van der Waals surface area contributed by atoms with Crippen molar-refractivity contribution >= 4 is 0 Å². The Labute approximate surface area is 88.3 Å². The fourth-order valence-electron chi connectivity index (χ4n) is 0.297. The van der Waals surface area contributed by atoms with Gasteiger partial charge in [0.25, 0.3) is 0 Å². The molecule has 0 bridgehead atoms. The number of hydrogen-bond acceptors (Lipinski definition) is 5. The Kier molecular flexibility index (Phi) is 35.2. The van der Waals surface area contributed by atoms with E-state index in [1.54, 1.807) is 0 Å². The van der Waals surface area contributed by atoms with E-state index in [1.165, 1.54) is 0 Å². The molecule has 0 aliphatic carbocycles.